The van der Waals surface area contributed by atoms with Crippen LogP contribution in [0.4, 0.5) is 10.5 Å². The van der Waals surface area contributed by atoms with E-state index < -0.39 is 5.41 Å². The normalized spacial score (nSPS) is 21.3. The molecule has 0 bridgehead atoms. The molecule has 0 unspecified atom stereocenters. The van der Waals surface area contributed by atoms with E-state index >= 15 is 0 Å². The van der Waals surface area contributed by atoms with Gasteiger partial charge >= 0.3 is 12.0 Å². The lowest BCUT2D eigenvalue weighted by Gasteiger charge is -2.42. The summed E-state index contributed by atoms with van der Waals surface area (Å²) < 4.78 is 16.5. The fourth-order valence-corrected chi connectivity index (χ4v) is 4.19. The summed E-state index contributed by atoms with van der Waals surface area (Å²) >= 11 is 0. The smallest absolute Gasteiger partial charge is 0.321 e. The summed E-state index contributed by atoms with van der Waals surface area (Å²) in [5.74, 6) is 0.592. The predicted octanol–water partition coefficient (Wildman–Crippen LogP) is 3.83. The topological polar surface area (TPSA) is 77.1 Å². The second kappa shape index (κ2) is 9.96. The molecule has 160 valence electrons. The van der Waals surface area contributed by atoms with Gasteiger partial charge in [-0.1, -0.05) is 0 Å². The van der Waals surface area contributed by atoms with Crippen molar-refractivity contribution < 1.29 is 23.8 Å². The number of rotatable bonds is 6. The van der Waals surface area contributed by atoms with E-state index in [4.69, 9.17) is 14.2 Å². The van der Waals surface area contributed by atoms with Crippen LogP contribution in [0.25, 0.3) is 0 Å². The number of carbonyl (C=O) groups excluding carboxylic acids is 2. The predicted molar refractivity (Wildman–Crippen MR) is 110 cm³/mol. The fourth-order valence-electron chi connectivity index (χ4n) is 4.19. The van der Waals surface area contributed by atoms with Gasteiger partial charge in [0.2, 0.25) is 0 Å². The highest BCUT2D eigenvalue weighted by Crippen LogP contribution is 2.40. The highest BCUT2D eigenvalue weighted by Gasteiger charge is 2.45. The summed E-state index contributed by atoms with van der Waals surface area (Å²) in [6.07, 6.45) is 5.20. The van der Waals surface area contributed by atoms with Crippen molar-refractivity contribution in [2.24, 2.45) is 5.41 Å². The summed E-state index contributed by atoms with van der Waals surface area (Å²) in [6.45, 7) is 4.01. The van der Waals surface area contributed by atoms with E-state index in [9.17, 15) is 9.59 Å². The number of anilines is 1. The van der Waals surface area contributed by atoms with Gasteiger partial charge in [-0.25, -0.2) is 4.79 Å². The molecule has 2 heterocycles. The first kappa shape index (κ1) is 21.4. The van der Waals surface area contributed by atoms with Crippen LogP contribution in [0, 0.1) is 5.41 Å². The Morgan fingerprint density at radius 3 is 2.52 bits per heavy atom. The van der Waals surface area contributed by atoms with Crippen LogP contribution in [-0.4, -0.2) is 56.4 Å². The molecule has 0 spiro atoms. The third kappa shape index (κ3) is 5.41. The highest BCUT2D eigenvalue weighted by molar-refractivity contribution is 5.89. The van der Waals surface area contributed by atoms with Crippen molar-refractivity contribution >= 4 is 17.7 Å². The largest absolute Gasteiger partial charge is 0.497 e. The molecule has 7 nitrogen and oxygen atoms in total. The maximum atomic E-state index is 12.8. The van der Waals surface area contributed by atoms with Crippen molar-refractivity contribution in [1.82, 2.24) is 4.90 Å². The highest BCUT2D eigenvalue weighted by atomic mass is 16.5. The molecule has 0 radical (unpaired) electrons. The number of esters is 1. The SMILES string of the molecule is CCOC(=O)C1(C[C@@H]2CCCCO2)CCN(C(=O)Nc2ccc(OC)cc2)CC1. The number of nitrogens with zero attached hydrogens (tertiary/aromatic N) is 1. The monoisotopic (exact) mass is 404 g/mol. The Morgan fingerprint density at radius 2 is 1.93 bits per heavy atom. The Balaban J connectivity index is 1.60. The van der Waals surface area contributed by atoms with Gasteiger partial charge in [0.1, 0.15) is 5.75 Å². The van der Waals surface area contributed by atoms with Crippen LogP contribution in [0.2, 0.25) is 0 Å². The molecule has 2 aliphatic rings. The van der Waals surface area contributed by atoms with E-state index in [-0.39, 0.29) is 18.1 Å². The molecule has 2 fully saturated rings. The average Bonchev–Trinajstić information content (AvgIpc) is 2.75. The van der Waals surface area contributed by atoms with Crippen LogP contribution < -0.4 is 10.1 Å². The maximum absolute atomic E-state index is 12.8. The van der Waals surface area contributed by atoms with Gasteiger partial charge in [-0.2, -0.15) is 0 Å². The van der Waals surface area contributed by atoms with Crippen LogP contribution in [0.1, 0.15) is 45.4 Å². The van der Waals surface area contributed by atoms with Gasteiger partial charge in [-0.15, -0.1) is 0 Å². The van der Waals surface area contributed by atoms with Crippen molar-refractivity contribution in [3.8, 4) is 5.75 Å². The molecule has 1 aromatic rings. The van der Waals surface area contributed by atoms with Crippen LogP contribution in [0.15, 0.2) is 24.3 Å². The maximum Gasteiger partial charge on any atom is 0.321 e. The van der Waals surface area contributed by atoms with E-state index in [1.165, 1.54) is 0 Å². The number of amides is 2. The van der Waals surface area contributed by atoms with Crippen LogP contribution in [0.3, 0.4) is 0 Å². The molecule has 2 amide bonds. The number of piperidine rings is 1. The average molecular weight is 405 g/mol. The van der Waals surface area contributed by atoms with Crippen molar-refractivity contribution in [2.45, 2.75) is 51.6 Å². The minimum absolute atomic E-state index is 0.104. The quantitative estimate of drug-likeness (QED) is 0.729. The number of nitrogens with one attached hydrogen (secondary N) is 1. The Kier molecular flexibility index (Phi) is 7.36. The van der Waals surface area contributed by atoms with Crippen molar-refractivity contribution in [3.63, 3.8) is 0 Å². The Morgan fingerprint density at radius 1 is 1.21 bits per heavy atom. The minimum atomic E-state index is -0.561. The molecule has 1 atom stereocenters. The van der Waals surface area contributed by atoms with E-state index in [1.807, 2.05) is 31.2 Å². The molecule has 0 saturated carbocycles. The van der Waals surface area contributed by atoms with E-state index in [0.717, 1.165) is 31.6 Å². The fraction of sp³-hybridized carbons (Fsp3) is 0.636. The Hall–Kier alpha value is -2.28. The Labute approximate surface area is 172 Å². The third-order valence-corrected chi connectivity index (χ3v) is 5.95. The van der Waals surface area contributed by atoms with Gasteiger partial charge in [0.25, 0.3) is 0 Å². The molecule has 7 heteroatoms. The van der Waals surface area contributed by atoms with Crippen LogP contribution >= 0.6 is 0 Å². The number of hydrogen-bond donors (Lipinski definition) is 1. The van der Waals surface area contributed by atoms with Crippen molar-refractivity contribution in [3.05, 3.63) is 24.3 Å². The van der Waals surface area contributed by atoms with Crippen molar-refractivity contribution in [2.75, 3.05) is 38.7 Å². The third-order valence-electron chi connectivity index (χ3n) is 5.95. The van der Waals surface area contributed by atoms with Crippen molar-refractivity contribution in [1.29, 1.82) is 0 Å². The first-order chi connectivity index (χ1) is 14.1. The van der Waals surface area contributed by atoms with E-state index in [1.54, 1.807) is 12.0 Å². The summed E-state index contributed by atoms with van der Waals surface area (Å²) in [4.78, 5) is 27.2. The summed E-state index contributed by atoms with van der Waals surface area (Å²) in [7, 11) is 1.61. The molecule has 0 aromatic heterocycles. The number of hydrogen-bond acceptors (Lipinski definition) is 5. The van der Waals surface area contributed by atoms with Gasteiger partial charge in [0, 0.05) is 25.4 Å². The molecule has 2 saturated heterocycles. The zero-order valence-electron chi connectivity index (χ0n) is 17.4. The first-order valence-corrected chi connectivity index (χ1v) is 10.5. The van der Waals surface area contributed by atoms with Gasteiger partial charge < -0.3 is 24.4 Å². The second-order valence-electron chi connectivity index (χ2n) is 7.84. The number of ether oxygens (including phenoxy) is 3. The molecule has 0 aliphatic carbocycles. The summed E-state index contributed by atoms with van der Waals surface area (Å²) in [5, 5.41) is 2.92. The molecular formula is C22H32N2O5. The number of benzene rings is 1. The standard InChI is InChI=1S/C22H32N2O5/c1-3-28-20(25)22(16-19-6-4-5-15-29-19)11-13-24(14-12-22)21(26)23-17-7-9-18(27-2)10-8-17/h7-10,19H,3-6,11-16H2,1-2H3,(H,23,26)/t19-/m0/s1. The first-order valence-electron chi connectivity index (χ1n) is 10.5. The molecule has 1 aromatic carbocycles. The van der Waals surface area contributed by atoms with E-state index in [0.29, 0.717) is 44.6 Å². The minimum Gasteiger partial charge on any atom is -0.497 e. The lowest BCUT2D eigenvalue weighted by Crippen LogP contribution is -2.49. The molecule has 2 aliphatic heterocycles. The Bertz CT molecular complexity index is 677. The van der Waals surface area contributed by atoms with Crippen LogP contribution in [0.5, 0.6) is 5.75 Å². The van der Waals surface area contributed by atoms with Crippen LogP contribution in [-0.2, 0) is 14.3 Å². The number of urea groups is 1. The molecule has 1 N–H and O–H groups in total. The number of carbonyl (C=O) groups is 2. The van der Waals surface area contributed by atoms with Gasteiger partial charge in [-0.3, -0.25) is 4.79 Å². The number of methoxy groups -OCH3 is 1. The lowest BCUT2D eigenvalue weighted by molar-refractivity contribution is -0.162. The van der Waals surface area contributed by atoms with Gasteiger partial charge in [-0.05, 0) is 69.7 Å². The van der Waals surface area contributed by atoms with E-state index in [2.05, 4.69) is 5.32 Å². The van der Waals surface area contributed by atoms with Gasteiger partial charge in [0.05, 0.1) is 25.2 Å². The zero-order valence-corrected chi connectivity index (χ0v) is 17.4. The molecular weight excluding hydrogens is 372 g/mol. The lowest BCUT2D eigenvalue weighted by atomic mass is 9.73. The summed E-state index contributed by atoms with van der Waals surface area (Å²) in [5.41, 5.74) is 0.156. The summed E-state index contributed by atoms with van der Waals surface area (Å²) in [6, 6.07) is 7.08. The zero-order chi connectivity index (χ0) is 20.7. The van der Waals surface area contributed by atoms with Gasteiger partial charge in [0.15, 0.2) is 0 Å². The number of likely N-dealkylation sites (tertiary alicyclic amines) is 1. The second-order valence-corrected chi connectivity index (χ2v) is 7.84. The molecule has 29 heavy (non-hydrogen) atoms. The molecule has 3 rings (SSSR count).